The molecule has 1 rings (SSSR count). The minimum Gasteiger partial charge on any atom is -0.491 e. The van der Waals surface area contributed by atoms with E-state index in [0.717, 1.165) is 0 Å². The first-order chi connectivity index (χ1) is 8.24. The molecule has 0 heterocycles. The standard InChI is InChI=1S/C12H19NO4S/c1-12(2,3)13-18(15,16)11-6-4-10(5-7-11)17-9-8-14/h4-7,13-14H,8-9H2,1-3H3. The number of aliphatic hydroxyl groups is 1. The number of hydrogen-bond acceptors (Lipinski definition) is 4. The van der Waals surface area contributed by atoms with Crippen molar-refractivity contribution in [1.29, 1.82) is 0 Å². The molecule has 0 aliphatic rings. The molecule has 0 fully saturated rings. The summed E-state index contributed by atoms with van der Waals surface area (Å²) in [5.74, 6) is 0.527. The Balaban J connectivity index is 2.84. The van der Waals surface area contributed by atoms with Gasteiger partial charge in [-0.05, 0) is 45.0 Å². The lowest BCUT2D eigenvalue weighted by Crippen LogP contribution is -2.40. The van der Waals surface area contributed by atoms with Gasteiger partial charge in [-0.15, -0.1) is 0 Å². The van der Waals surface area contributed by atoms with E-state index in [1.807, 2.05) is 0 Å². The second kappa shape index (κ2) is 5.69. The van der Waals surface area contributed by atoms with Gasteiger partial charge in [-0.25, -0.2) is 13.1 Å². The molecule has 0 aliphatic heterocycles. The normalized spacial score (nSPS) is 12.4. The summed E-state index contributed by atoms with van der Waals surface area (Å²) < 4.78 is 31.7. The summed E-state index contributed by atoms with van der Waals surface area (Å²) in [4.78, 5) is 0.189. The average Bonchev–Trinajstić information content (AvgIpc) is 2.23. The zero-order valence-electron chi connectivity index (χ0n) is 10.8. The highest BCUT2D eigenvalue weighted by molar-refractivity contribution is 7.89. The minimum absolute atomic E-state index is 0.0777. The van der Waals surface area contributed by atoms with Crippen LogP contribution in [-0.2, 0) is 10.0 Å². The number of nitrogens with one attached hydrogen (secondary N) is 1. The van der Waals surface area contributed by atoms with Crippen LogP contribution in [0.3, 0.4) is 0 Å². The fourth-order valence-corrected chi connectivity index (χ4v) is 2.76. The van der Waals surface area contributed by atoms with Crippen molar-refractivity contribution < 1.29 is 18.3 Å². The first-order valence-electron chi connectivity index (χ1n) is 5.62. The molecular formula is C12H19NO4S. The lowest BCUT2D eigenvalue weighted by Gasteiger charge is -2.20. The number of benzene rings is 1. The lowest BCUT2D eigenvalue weighted by atomic mass is 10.1. The van der Waals surface area contributed by atoms with Gasteiger partial charge in [-0.1, -0.05) is 0 Å². The number of ether oxygens (including phenoxy) is 1. The van der Waals surface area contributed by atoms with E-state index in [9.17, 15) is 8.42 Å². The first kappa shape index (κ1) is 14.9. The lowest BCUT2D eigenvalue weighted by molar-refractivity contribution is 0.201. The first-order valence-corrected chi connectivity index (χ1v) is 7.11. The van der Waals surface area contributed by atoms with E-state index in [0.29, 0.717) is 5.75 Å². The third kappa shape index (κ3) is 4.64. The van der Waals surface area contributed by atoms with Crippen molar-refractivity contribution in [3.05, 3.63) is 24.3 Å². The number of rotatable bonds is 5. The summed E-state index contributed by atoms with van der Waals surface area (Å²) in [6.45, 7) is 5.45. The van der Waals surface area contributed by atoms with Gasteiger partial charge in [0.2, 0.25) is 10.0 Å². The SMILES string of the molecule is CC(C)(C)NS(=O)(=O)c1ccc(OCCO)cc1. The third-order valence-corrected chi connectivity index (χ3v) is 3.71. The van der Waals surface area contributed by atoms with Crippen molar-refractivity contribution >= 4 is 10.0 Å². The van der Waals surface area contributed by atoms with Gasteiger partial charge in [0.05, 0.1) is 11.5 Å². The van der Waals surface area contributed by atoms with E-state index in [4.69, 9.17) is 9.84 Å². The quantitative estimate of drug-likeness (QED) is 0.843. The molecule has 0 aliphatic carbocycles. The molecule has 0 saturated carbocycles. The third-order valence-electron chi connectivity index (χ3n) is 1.93. The number of aliphatic hydroxyl groups excluding tert-OH is 1. The maximum atomic E-state index is 12.0. The van der Waals surface area contributed by atoms with Crippen LogP contribution in [0.15, 0.2) is 29.2 Å². The van der Waals surface area contributed by atoms with Gasteiger partial charge < -0.3 is 9.84 Å². The molecule has 0 radical (unpaired) electrons. The van der Waals surface area contributed by atoms with Crippen molar-refractivity contribution in [2.75, 3.05) is 13.2 Å². The molecule has 0 saturated heterocycles. The Morgan fingerprint density at radius 2 is 1.78 bits per heavy atom. The van der Waals surface area contributed by atoms with E-state index >= 15 is 0 Å². The van der Waals surface area contributed by atoms with E-state index < -0.39 is 15.6 Å². The van der Waals surface area contributed by atoms with E-state index in [2.05, 4.69) is 4.72 Å². The maximum absolute atomic E-state index is 12.0. The Hall–Kier alpha value is -1.11. The predicted molar refractivity (Wildman–Crippen MR) is 69.1 cm³/mol. The molecule has 6 heteroatoms. The van der Waals surface area contributed by atoms with Gasteiger partial charge in [0.1, 0.15) is 12.4 Å². The summed E-state index contributed by atoms with van der Waals surface area (Å²) >= 11 is 0. The van der Waals surface area contributed by atoms with Crippen molar-refractivity contribution in [3.63, 3.8) is 0 Å². The van der Waals surface area contributed by atoms with E-state index in [-0.39, 0.29) is 18.1 Å². The molecule has 2 N–H and O–H groups in total. The Labute approximate surface area is 108 Å². The van der Waals surface area contributed by atoms with E-state index in [1.54, 1.807) is 32.9 Å². The molecule has 0 aromatic heterocycles. The largest absolute Gasteiger partial charge is 0.491 e. The molecule has 18 heavy (non-hydrogen) atoms. The highest BCUT2D eigenvalue weighted by Crippen LogP contribution is 2.17. The molecular weight excluding hydrogens is 254 g/mol. The van der Waals surface area contributed by atoms with Gasteiger partial charge in [0.15, 0.2) is 0 Å². The Morgan fingerprint density at radius 1 is 1.22 bits per heavy atom. The summed E-state index contributed by atoms with van der Waals surface area (Å²) in [6, 6.07) is 6.07. The van der Waals surface area contributed by atoms with Crippen LogP contribution in [0.5, 0.6) is 5.75 Å². The van der Waals surface area contributed by atoms with Crippen LogP contribution in [0.2, 0.25) is 0 Å². The summed E-state index contributed by atoms with van der Waals surface area (Å²) in [5.41, 5.74) is -0.523. The van der Waals surface area contributed by atoms with Crippen LogP contribution in [0.4, 0.5) is 0 Å². The molecule has 0 amide bonds. The van der Waals surface area contributed by atoms with Crippen LogP contribution in [-0.4, -0.2) is 32.3 Å². The Bertz CT molecular complexity index is 474. The van der Waals surface area contributed by atoms with Crippen LogP contribution < -0.4 is 9.46 Å². The van der Waals surface area contributed by atoms with Crippen molar-refractivity contribution in [1.82, 2.24) is 4.72 Å². The van der Waals surface area contributed by atoms with Crippen molar-refractivity contribution in [2.45, 2.75) is 31.2 Å². The molecule has 0 spiro atoms. The topological polar surface area (TPSA) is 75.6 Å². The summed E-state index contributed by atoms with van der Waals surface area (Å²) in [6.07, 6.45) is 0. The molecule has 0 atom stereocenters. The second-order valence-corrected chi connectivity index (χ2v) is 6.58. The Morgan fingerprint density at radius 3 is 2.22 bits per heavy atom. The highest BCUT2D eigenvalue weighted by Gasteiger charge is 2.21. The maximum Gasteiger partial charge on any atom is 0.241 e. The van der Waals surface area contributed by atoms with Crippen LogP contribution in [0.25, 0.3) is 0 Å². The summed E-state index contributed by atoms with van der Waals surface area (Å²) in [7, 11) is -3.51. The van der Waals surface area contributed by atoms with Crippen LogP contribution in [0, 0.1) is 0 Å². The number of sulfonamides is 1. The minimum atomic E-state index is -3.51. The van der Waals surface area contributed by atoms with Gasteiger partial charge in [-0.2, -0.15) is 0 Å². The zero-order valence-corrected chi connectivity index (χ0v) is 11.6. The second-order valence-electron chi connectivity index (χ2n) is 4.90. The fraction of sp³-hybridized carbons (Fsp3) is 0.500. The van der Waals surface area contributed by atoms with Crippen LogP contribution >= 0.6 is 0 Å². The molecule has 0 bridgehead atoms. The van der Waals surface area contributed by atoms with E-state index in [1.165, 1.54) is 12.1 Å². The Kier molecular flexibility index (Phi) is 4.72. The molecule has 0 unspecified atom stereocenters. The monoisotopic (exact) mass is 273 g/mol. The van der Waals surface area contributed by atoms with Gasteiger partial charge in [0.25, 0.3) is 0 Å². The molecule has 1 aromatic rings. The van der Waals surface area contributed by atoms with Crippen molar-refractivity contribution in [3.8, 4) is 5.75 Å². The van der Waals surface area contributed by atoms with Gasteiger partial charge >= 0.3 is 0 Å². The molecule has 102 valence electrons. The average molecular weight is 273 g/mol. The smallest absolute Gasteiger partial charge is 0.241 e. The summed E-state index contributed by atoms with van der Waals surface area (Å²) in [5, 5.41) is 8.61. The van der Waals surface area contributed by atoms with Crippen molar-refractivity contribution in [2.24, 2.45) is 0 Å². The molecule has 1 aromatic carbocycles. The van der Waals surface area contributed by atoms with Crippen LogP contribution in [0.1, 0.15) is 20.8 Å². The highest BCUT2D eigenvalue weighted by atomic mass is 32.2. The predicted octanol–water partition coefficient (Wildman–Crippen LogP) is 1.13. The van der Waals surface area contributed by atoms with Gasteiger partial charge in [0, 0.05) is 5.54 Å². The number of hydrogen-bond donors (Lipinski definition) is 2. The molecule has 5 nitrogen and oxygen atoms in total. The zero-order chi connectivity index (χ0) is 13.8. The van der Waals surface area contributed by atoms with Gasteiger partial charge in [-0.3, -0.25) is 0 Å². The fourth-order valence-electron chi connectivity index (χ4n) is 1.34.